The molecular weight excluding hydrogens is 403 g/mol. The molecule has 1 fully saturated rings. The fraction of sp³-hybridized carbons (Fsp3) is 0.882. The van der Waals surface area contributed by atoms with Gasteiger partial charge >= 0.3 is 0 Å². The molecule has 0 aromatic heterocycles. The molecule has 0 aromatic rings. The van der Waals surface area contributed by atoms with Crippen LogP contribution in [-0.2, 0) is 4.79 Å². The lowest BCUT2D eigenvalue weighted by Gasteiger charge is -2.31. The minimum atomic E-state index is -0.453. The van der Waals surface area contributed by atoms with Crippen LogP contribution in [0.2, 0.25) is 0 Å². The highest BCUT2D eigenvalue weighted by Crippen LogP contribution is 2.27. The second kappa shape index (κ2) is 11.1. The number of hydrogen-bond donors (Lipinski definition) is 3. The first-order valence-electron chi connectivity index (χ1n) is 8.62. The number of nitrogens with zero attached hydrogens (tertiary/aromatic N) is 1. The average molecular weight is 438 g/mol. The molecule has 0 radical (unpaired) electrons. The second-order valence-electron chi connectivity index (χ2n) is 7.04. The van der Waals surface area contributed by atoms with E-state index >= 15 is 0 Å². The van der Waals surface area contributed by atoms with Gasteiger partial charge in [0, 0.05) is 26.7 Å². The highest BCUT2D eigenvalue weighted by atomic mass is 127. The number of aliphatic imine (C=N–C) groups is 1. The first kappa shape index (κ1) is 22.5. The van der Waals surface area contributed by atoms with Gasteiger partial charge in [-0.3, -0.25) is 9.79 Å². The number of carbonyl (C=O) groups excluding carboxylic acids is 1. The van der Waals surface area contributed by atoms with E-state index in [-0.39, 0.29) is 29.9 Å². The molecule has 136 valence electrons. The van der Waals surface area contributed by atoms with Crippen molar-refractivity contribution in [2.45, 2.75) is 65.3 Å². The van der Waals surface area contributed by atoms with Crippen molar-refractivity contribution >= 4 is 35.8 Å². The van der Waals surface area contributed by atoms with Gasteiger partial charge in [-0.2, -0.15) is 0 Å². The Labute approximate surface area is 158 Å². The molecule has 1 aliphatic carbocycles. The van der Waals surface area contributed by atoms with E-state index in [1.54, 1.807) is 14.1 Å². The first-order chi connectivity index (χ1) is 10.4. The van der Waals surface area contributed by atoms with Crippen molar-refractivity contribution in [2.24, 2.45) is 16.3 Å². The maximum atomic E-state index is 11.8. The molecule has 0 heterocycles. The van der Waals surface area contributed by atoms with Gasteiger partial charge in [-0.05, 0) is 45.4 Å². The van der Waals surface area contributed by atoms with E-state index in [1.165, 1.54) is 38.5 Å². The second-order valence-corrected chi connectivity index (χ2v) is 7.04. The molecule has 0 bridgehead atoms. The summed E-state index contributed by atoms with van der Waals surface area (Å²) in [6.45, 7) is 6.70. The lowest BCUT2D eigenvalue weighted by molar-refractivity contribution is -0.128. The zero-order valence-electron chi connectivity index (χ0n) is 15.4. The summed E-state index contributed by atoms with van der Waals surface area (Å²) < 4.78 is 0. The van der Waals surface area contributed by atoms with Crippen molar-refractivity contribution in [2.75, 3.05) is 20.6 Å². The van der Waals surface area contributed by atoms with Crippen LogP contribution in [0.5, 0.6) is 0 Å². The third kappa shape index (κ3) is 7.72. The normalized spacial score (nSPS) is 22.0. The summed E-state index contributed by atoms with van der Waals surface area (Å²) in [6, 6.07) is 0.502. The van der Waals surface area contributed by atoms with E-state index in [0.29, 0.717) is 12.6 Å². The van der Waals surface area contributed by atoms with Gasteiger partial charge in [0.1, 0.15) is 0 Å². The number of hydrogen-bond acceptors (Lipinski definition) is 2. The maximum absolute atomic E-state index is 11.8. The predicted molar refractivity (Wildman–Crippen MR) is 108 cm³/mol. The van der Waals surface area contributed by atoms with Crippen molar-refractivity contribution in [3.05, 3.63) is 0 Å². The minimum Gasteiger partial charge on any atom is -0.359 e. The van der Waals surface area contributed by atoms with E-state index in [9.17, 15) is 4.79 Å². The maximum Gasteiger partial charge on any atom is 0.227 e. The zero-order valence-corrected chi connectivity index (χ0v) is 17.7. The van der Waals surface area contributed by atoms with Gasteiger partial charge in [-0.15, -0.1) is 24.0 Å². The first-order valence-corrected chi connectivity index (χ1v) is 8.62. The summed E-state index contributed by atoms with van der Waals surface area (Å²) in [5.74, 6) is 1.75. The SMILES string of the molecule is CCCC1CCC(NC(=NC)NCC(C)(C)C(=O)NC)CC1.I. The molecule has 0 unspecified atom stereocenters. The number of amides is 1. The number of halogens is 1. The third-order valence-corrected chi connectivity index (χ3v) is 4.65. The van der Waals surface area contributed by atoms with E-state index in [1.807, 2.05) is 13.8 Å². The van der Waals surface area contributed by atoms with E-state index in [4.69, 9.17) is 0 Å². The van der Waals surface area contributed by atoms with Gasteiger partial charge in [0.05, 0.1) is 5.41 Å². The van der Waals surface area contributed by atoms with E-state index < -0.39 is 5.41 Å². The largest absolute Gasteiger partial charge is 0.359 e. The van der Waals surface area contributed by atoms with Crippen LogP contribution < -0.4 is 16.0 Å². The average Bonchev–Trinajstić information content (AvgIpc) is 2.52. The van der Waals surface area contributed by atoms with Crippen molar-refractivity contribution in [3.63, 3.8) is 0 Å². The Bertz CT molecular complexity index is 377. The molecule has 1 aliphatic rings. The van der Waals surface area contributed by atoms with Crippen molar-refractivity contribution in [1.29, 1.82) is 0 Å². The third-order valence-electron chi connectivity index (χ3n) is 4.65. The van der Waals surface area contributed by atoms with Gasteiger partial charge in [-0.25, -0.2) is 0 Å². The van der Waals surface area contributed by atoms with E-state index in [0.717, 1.165) is 11.9 Å². The standard InChI is InChI=1S/C17H34N4O.HI/c1-6-7-13-8-10-14(11-9-13)21-16(19-5)20-12-17(2,3)15(22)18-4;/h13-14H,6-12H2,1-5H3,(H,18,22)(H2,19,20,21);1H. The Hall–Kier alpha value is -0.530. The molecule has 0 atom stereocenters. The number of rotatable bonds is 6. The molecule has 3 N–H and O–H groups in total. The van der Waals surface area contributed by atoms with Crippen LogP contribution in [0.15, 0.2) is 4.99 Å². The van der Waals surface area contributed by atoms with Gasteiger partial charge in [0.15, 0.2) is 5.96 Å². The Morgan fingerprint density at radius 3 is 2.30 bits per heavy atom. The van der Waals surface area contributed by atoms with Crippen LogP contribution in [0.1, 0.15) is 59.3 Å². The Kier molecular flexibility index (Phi) is 10.8. The molecule has 6 heteroatoms. The molecule has 1 rings (SSSR count). The van der Waals surface area contributed by atoms with Crippen LogP contribution in [-0.4, -0.2) is 38.5 Å². The van der Waals surface area contributed by atoms with Crippen LogP contribution in [0.3, 0.4) is 0 Å². The van der Waals surface area contributed by atoms with Crippen LogP contribution in [0.4, 0.5) is 0 Å². The van der Waals surface area contributed by atoms with Gasteiger partial charge in [0.2, 0.25) is 5.91 Å². The Morgan fingerprint density at radius 1 is 1.22 bits per heavy atom. The van der Waals surface area contributed by atoms with E-state index in [2.05, 4.69) is 27.9 Å². The summed E-state index contributed by atoms with van der Waals surface area (Å²) in [4.78, 5) is 16.1. The van der Waals surface area contributed by atoms with Crippen LogP contribution in [0.25, 0.3) is 0 Å². The fourth-order valence-corrected chi connectivity index (χ4v) is 3.12. The monoisotopic (exact) mass is 438 g/mol. The molecule has 1 amide bonds. The van der Waals surface area contributed by atoms with Crippen molar-refractivity contribution < 1.29 is 4.79 Å². The number of guanidine groups is 1. The molecule has 0 aliphatic heterocycles. The fourth-order valence-electron chi connectivity index (χ4n) is 3.12. The van der Waals surface area contributed by atoms with Crippen LogP contribution in [0, 0.1) is 11.3 Å². The van der Waals surface area contributed by atoms with Crippen molar-refractivity contribution in [3.8, 4) is 0 Å². The Morgan fingerprint density at radius 2 is 1.83 bits per heavy atom. The molecular formula is C17H35IN4O. The number of nitrogens with one attached hydrogen (secondary N) is 3. The molecule has 5 nitrogen and oxygen atoms in total. The Balaban J connectivity index is 0.00000484. The molecule has 0 aromatic carbocycles. The van der Waals surface area contributed by atoms with Gasteiger partial charge in [-0.1, -0.05) is 19.8 Å². The highest BCUT2D eigenvalue weighted by molar-refractivity contribution is 14.0. The van der Waals surface area contributed by atoms with Gasteiger partial charge in [0.25, 0.3) is 0 Å². The number of carbonyl (C=O) groups is 1. The molecule has 0 spiro atoms. The van der Waals surface area contributed by atoms with Gasteiger partial charge < -0.3 is 16.0 Å². The lowest BCUT2D eigenvalue weighted by Crippen LogP contribution is -2.50. The zero-order chi connectivity index (χ0) is 16.6. The molecule has 0 saturated heterocycles. The smallest absolute Gasteiger partial charge is 0.227 e. The summed E-state index contributed by atoms with van der Waals surface area (Å²) in [5, 5.41) is 9.50. The summed E-state index contributed by atoms with van der Waals surface area (Å²) in [5.41, 5.74) is -0.453. The summed E-state index contributed by atoms with van der Waals surface area (Å²) in [6.07, 6.45) is 7.70. The highest BCUT2D eigenvalue weighted by Gasteiger charge is 2.27. The minimum absolute atomic E-state index is 0. The van der Waals surface area contributed by atoms with Crippen molar-refractivity contribution in [1.82, 2.24) is 16.0 Å². The molecule has 1 saturated carbocycles. The summed E-state index contributed by atoms with van der Waals surface area (Å²) >= 11 is 0. The topological polar surface area (TPSA) is 65.5 Å². The molecule has 23 heavy (non-hydrogen) atoms. The predicted octanol–water partition coefficient (Wildman–Crippen LogP) is 2.90. The quantitative estimate of drug-likeness (QED) is 0.340. The summed E-state index contributed by atoms with van der Waals surface area (Å²) in [7, 11) is 3.46. The van der Waals surface area contributed by atoms with Crippen LogP contribution >= 0.6 is 24.0 Å². The lowest BCUT2D eigenvalue weighted by atomic mass is 9.83.